The van der Waals surface area contributed by atoms with Crippen LogP contribution in [0.1, 0.15) is 37.0 Å². The molecule has 0 aliphatic carbocycles. The van der Waals surface area contributed by atoms with Crippen LogP contribution in [-0.2, 0) is 4.79 Å². The Balaban J connectivity index is 1.77. The molecule has 0 spiro atoms. The lowest BCUT2D eigenvalue weighted by atomic mass is 9.93. The Labute approximate surface area is 139 Å². The number of ether oxygens (including phenoxy) is 2. The lowest BCUT2D eigenvalue weighted by Gasteiger charge is -2.23. The average Bonchev–Trinajstić information content (AvgIpc) is 2.85. The highest BCUT2D eigenvalue weighted by molar-refractivity contribution is 6.11. The van der Waals surface area contributed by atoms with Crippen LogP contribution in [0.4, 0.5) is 4.79 Å². The van der Waals surface area contributed by atoms with Crippen molar-refractivity contribution in [3.05, 3.63) is 23.8 Å². The number of urea groups is 1. The molecule has 1 aromatic rings. The van der Waals surface area contributed by atoms with Gasteiger partial charge in [0.2, 0.25) is 0 Å². The number of carbonyl (C=O) groups is 3. The molecule has 2 aliphatic rings. The first-order valence-corrected chi connectivity index (χ1v) is 8.07. The van der Waals surface area contributed by atoms with Crippen molar-refractivity contribution in [2.24, 2.45) is 0 Å². The summed E-state index contributed by atoms with van der Waals surface area (Å²) in [5, 5.41) is 2.71. The highest BCUT2D eigenvalue weighted by Gasteiger charge is 2.49. The van der Waals surface area contributed by atoms with Gasteiger partial charge in [-0.1, -0.05) is 13.8 Å². The van der Waals surface area contributed by atoms with Gasteiger partial charge in [-0.25, -0.2) is 4.79 Å². The number of ketones is 1. The fourth-order valence-electron chi connectivity index (χ4n) is 3.00. The molecule has 2 aliphatic heterocycles. The fourth-order valence-corrected chi connectivity index (χ4v) is 3.00. The smallest absolute Gasteiger partial charge is 0.325 e. The predicted molar refractivity (Wildman–Crippen MR) is 85.3 cm³/mol. The molecule has 7 nitrogen and oxygen atoms in total. The molecule has 0 unspecified atom stereocenters. The maximum Gasteiger partial charge on any atom is 0.325 e. The molecular formula is C17H20N2O5. The predicted octanol–water partition coefficient (Wildman–Crippen LogP) is 1.75. The molecule has 0 aromatic heterocycles. The third-order valence-electron chi connectivity index (χ3n) is 4.62. The molecule has 0 radical (unpaired) electrons. The van der Waals surface area contributed by atoms with Crippen LogP contribution in [0.2, 0.25) is 0 Å². The Morgan fingerprint density at radius 3 is 2.46 bits per heavy atom. The quantitative estimate of drug-likeness (QED) is 0.656. The largest absolute Gasteiger partial charge is 0.486 e. The van der Waals surface area contributed by atoms with Crippen molar-refractivity contribution in [3.8, 4) is 11.5 Å². The molecule has 3 amide bonds. The number of fused-ring (bicyclic) bond motifs is 1. The number of nitrogens with one attached hydrogen (secondary N) is 1. The molecule has 2 heterocycles. The molecule has 0 atom stereocenters. The van der Waals surface area contributed by atoms with E-state index >= 15 is 0 Å². The SMILES string of the molecule is CCC1(CC)NC(=O)N(CC(=O)c2ccc3c(c2)OCCO3)C1=O. The summed E-state index contributed by atoms with van der Waals surface area (Å²) in [6.07, 6.45) is 0.978. The van der Waals surface area contributed by atoms with Gasteiger partial charge < -0.3 is 14.8 Å². The Bertz CT molecular complexity index is 696. The number of carbonyl (C=O) groups excluding carboxylic acids is 3. The minimum Gasteiger partial charge on any atom is -0.486 e. The second-order valence-electron chi connectivity index (χ2n) is 5.89. The van der Waals surface area contributed by atoms with Gasteiger partial charge in [-0.05, 0) is 31.0 Å². The Hall–Kier alpha value is -2.57. The van der Waals surface area contributed by atoms with Crippen molar-refractivity contribution < 1.29 is 23.9 Å². The molecular weight excluding hydrogens is 312 g/mol. The maximum atomic E-state index is 12.5. The zero-order valence-electron chi connectivity index (χ0n) is 13.8. The molecule has 0 saturated carbocycles. The average molecular weight is 332 g/mol. The van der Waals surface area contributed by atoms with Crippen molar-refractivity contribution in [1.82, 2.24) is 10.2 Å². The van der Waals surface area contributed by atoms with Crippen molar-refractivity contribution >= 4 is 17.7 Å². The van der Waals surface area contributed by atoms with Gasteiger partial charge in [0.15, 0.2) is 17.3 Å². The van der Waals surface area contributed by atoms with Gasteiger partial charge in [0.25, 0.3) is 5.91 Å². The van der Waals surface area contributed by atoms with E-state index in [1.54, 1.807) is 18.2 Å². The van der Waals surface area contributed by atoms with Crippen LogP contribution in [0.5, 0.6) is 11.5 Å². The monoisotopic (exact) mass is 332 g/mol. The molecule has 1 N–H and O–H groups in total. The Kier molecular flexibility index (Phi) is 4.17. The number of hydrogen-bond acceptors (Lipinski definition) is 5. The first-order chi connectivity index (χ1) is 11.5. The molecule has 24 heavy (non-hydrogen) atoms. The molecule has 7 heteroatoms. The van der Waals surface area contributed by atoms with E-state index in [9.17, 15) is 14.4 Å². The molecule has 1 saturated heterocycles. The normalized spacial score (nSPS) is 18.5. The van der Waals surface area contributed by atoms with E-state index in [0.717, 1.165) is 4.90 Å². The highest BCUT2D eigenvalue weighted by Crippen LogP contribution is 2.31. The zero-order chi connectivity index (χ0) is 17.3. The van der Waals surface area contributed by atoms with E-state index in [-0.39, 0.29) is 18.2 Å². The first-order valence-electron chi connectivity index (χ1n) is 8.07. The van der Waals surface area contributed by atoms with Crippen LogP contribution in [0.15, 0.2) is 18.2 Å². The third-order valence-corrected chi connectivity index (χ3v) is 4.62. The molecule has 1 fully saturated rings. The summed E-state index contributed by atoms with van der Waals surface area (Å²) < 4.78 is 10.9. The maximum absolute atomic E-state index is 12.5. The Morgan fingerprint density at radius 2 is 1.83 bits per heavy atom. The van der Waals surface area contributed by atoms with Gasteiger partial charge in [0.1, 0.15) is 18.8 Å². The second kappa shape index (κ2) is 6.14. The number of hydrogen-bond donors (Lipinski definition) is 1. The van der Waals surface area contributed by atoms with Crippen LogP contribution >= 0.6 is 0 Å². The third kappa shape index (κ3) is 2.60. The fraction of sp³-hybridized carbons (Fsp3) is 0.471. The number of nitrogens with zero attached hydrogens (tertiary/aromatic N) is 1. The van der Waals surface area contributed by atoms with Crippen LogP contribution in [0.3, 0.4) is 0 Å². The van der Waals surface area contributed by atoms with E-state index in [0.29, 0.717) is 43.1 Å². The molecule has 1 aromatic carbocycles. The van der Waals surface area contributed by atoms with Crippen molar-refractivity contribution in [3.63, 3.8) is 0 Å². The van der Waals surface area contributed by atoms with Gasteiger partial charge in [-0.3, -0.25) is 14.5 Å². The summed E-state index contributed by atoms with van der Waals surface area (Å²) in [6, 6.07) is 4.34. The summed E-state index contributed by atoms with van der Waals surface area (Å²) >= 11 is 0. The van der Waals surface area contributed by atoms with Crippen LogP contribution < -0.4 is 14.8 Å². The minimum atomic E-state index is -0.899. The number of rotatable bonds is 5. The summed E-state index contributed by atoms with van der Waals surface area (Å²) in [5.74, 6) is 0.423. The number of Topliss-reactive ketones (excluding diaryl/α,β-unsaturated/α-hetero) is 1. The van der Waals surface area contributed by atoms with Gasteiger partial charge in [0, 0.05) is 5.56 Å². The highest BCUT2D eigenvalue weighted by atomic mass is 16.6. The van der Waals surface area contributed by atoms with Gasteiger partial charge >= 0.3 is 6.03 Å². The molecule has 128 valence electrons. The van der Waals surface area contributed by atoms with E-state index < -0.39 is 11.6 Å². The summed E-state index contributed by atoms with van der Waals surface area (Å²) in [4.78, 5) is 38.1. The summed E-state index contributed by atoms with van der Waals surface area (Å²) in [5.41, 5.74) is -0.519. The van der Waals surface area contributed by atoms with Crippen LogP contribution in [-0.4, -0.2) is 47.9 Å². The van der Waals surface area contributed by atoms with Gasteiger partial charge in [0.05, 0.1) is 6.54 Å². The number of amides is 3. The van der Waals surface area contributed by atoms with Crippen LogP contribution in [0, 0.1) is 0 Å². The van der Waals surface area contributed by atoms with E-state index in [1.807, 2.05) is 13.8 Å². The zero-order valence-corrected chi connectivity index (χ0v) is 13.8. The first kappa shape index (κ1) is 16.3. The minimum absolute atomic E-state index is 0.286. The summed E-state index contributed by atoms with van der Waals surface area (Å²) in [6.45, 7) is 4.29. The van der Waals surface area contributed by atoms with E-state index in [1.165, 1.54) is 0 Å². The van der Waals surface area contributed by atoms with E-state index in [4.69, 9.17) is 9.47 Å². The topological polar surface area (TPSA) is 84.9 Å². The second-order valence-corrected chi connectivity index (χ2v) is 5.89. The lowest BCUT2D eigenvalue weighted by molar-refractivity contribution is -0.131. The van der Waals surface area contributed by atoms with E-state index in [2.05, 4.69) is 5.32 Å². The van der Waals surface area contributed by atoms with Gasteiger partial charge in [-0.2, -0.15) is 0 Å². The lowest BCUT2D eigenvalue weighted by Crippen LogP contribution is -2.46. The van der Waals surface area contributed by atoms with Gasteiger partial charge in [-0.15, -0.1) is 0 Å². The number of benzene rings is 1. The standard InChI is InChI=1S/C17H20N2O5/c1-3-17(4-2)15(21)19(16(22)18-17)10-12(20)11-5-6-13-14(9-11)24-8-7-23-13/h5-6,9H,3-4,7-8,10H2,1-2H3,(H,18,22). The van der Waals surface area contributed by atoms with Crippen molar-refractivity contribution in [2.75, 3.05) is 19.8 Å². The Morgan fingerprint density at radius 1 is 1.17 bits per heavy atom. The van der Waals surface area contributed by atoms with Crippen molar-refractivity contribution in [1.29, 1.82) is 0 Å². The molecule has 3 rings (SSSR count). The number of imide groups is 1. The van der Waals surface area contributed by atoms with Crippen molar-refractivity contribution in [2.45, 2.75) is 32.2 Å². The molecule has 0 bridgehead atoms. The van der Waals surface area contributed by atoms with Crippen LogP contribution in [0.25, 0.3) is 0 Å². The summed E-state index contributed by atoms with van der Waals surface area (Å²) in [7, 11) is 0.